The van der Waals surface area contributed by atoms with Gasteiger partial charge in [0.1, 0.15) is 0 Å². The van der Waals surface area contributed by atoms with Gasteiger partial charge >= 0.3 is 0 Å². The highest BCUT2D eigenvalue weighted by Gasteiger charge is 1.98. The first-order valence-corrected chi connectivity index (χ1v) is 4.93. The molecule has 0 saturated carbocycles. The highest BCUT2D eigenvalue weighted by atomic mass is 79.9. The van der Waals surface area contributed by atoms with Crippen molar-refractivity contribution in [3.63, 3.8) is 0 Å². The molecule has 1 aromatic rings. The normalized spacial score (nSPS) is 9.38. The third-order valence-electron chi connectivity index (χ3n) is 1.70. The van der Waals surface area contributed by atoms with Crippen LogP contribution in [0.15, 0.2) is 22.8 Å². The minimum absolute atomic E-state index is 0. The van der Waals surface area contributed by atoms with Crippen molar-refractivity contribution in [1.29, 1.82) is 0 Å². The average molecular weight is 310 g/mol. The first-order chi connectivity index (χ1) is 5.84. The van der Waals surface area contributed by atoms with Crippen LogP contribution in [0, 0.1) is 0 Å². The van der Waals surface area contributed by atoms with E-state index in [1.54, 1.807) is 0 Å². The van der Waals surface area contributed by atoms with Gasteiger partial charge in [0, 0.05) is 10.7 Å². The molecule has 4 heteroatoms. The van der Waals surface area contributed by atoms with Crippen LogP contribution in [0.3, 0.4) is 0 Å². The van der Waals surface area contributed by atoms with Crippen molar-refractivity contribution in [3.8, 4) is 0 Å². The maximum Gasteiger partial charge on any atom is 0.0545 e. The smallest absolute Gasteiger partial charge is 0.0545 e. The second-order valence-corrected chi connectivity index (χ2v) is 3.53. The van der Waals surface area contributed by atoms with Gasteiger partial charge in [-0.25, -0.2) is 0 Å². The van der Waals surface area contributed by atoms with Crippen molar-refractivity contribution >= 4 is 32.9 Å². The van der Waals surface area contributed by atoms with Crippen LogP contribution in [0.5, 0.6) is 0 Å². The molecule has 2 N–H and O–H groups in total. The quantitative estimate of drug-likeness (QED) is 0.869. The fourth-order valence-electron chi connectivity index (χ4n) is 1.04. The molecular weight excluding hydrogens is 296 g/mol. The van der Waals surface area contributed by atoms with Crippen molar-refractivity contribution in [1.82, 2.24) is 4.98 Å². The Bertz CT molecular complexity index is 241. The molecule has 0 saturated heterocycles. The Labute approximate surface area is 97.8 Å². The molecule has 0 bridgehead atoms. The summed E-state index contributed by atoms with van der Waals surface area (Å²) in [6, 6.07) is 3.95. The molecule has 0 aliphatic heterocycles. The summed E-state index contributed by atoms with van der Waals surface area (Å²) in [5.74, 6) is 0. The van der Waals surface area contributed by atoms with Gasteiger partial charge in [0.25, 0.3) is 0 Å². The van der Waals surface area contributed by atoms with E-state index in [0.29, 0.717) is 0 Å². The van der Waals surface area contributed by atoms with Crippen molar-refractivity contribution in [2.75, 3.05) is 6.54 Å². The van der Waals surface area contributed by atoms with E-state index in [1.165, 1.54) is 0 Å². The lowest BCUT2D eigenvalue weighted by atomic mass is 10.2. The fraction of sp³-hybridized carbons (Fsp3) is 0.444. The molecule has 0 aromatic carbocycles. The van der Waals surface area contributed by atoms with Crippen molar-refractivity contribution < 1.29 is 0 Å². The second-order valence-electron chi connectivity index (χ2n) is 2.68. The number of hydrogen-bond donors (Lipinski definition) is 1. The Hall–Kier alpha value is 0.0700. The SMILES string of the molecule is Br.NCCCCc1ncccc1Br. The van der Waals surface area contributed by atoms with Crippen LogP contribution in [0.2, 0.25) is 0 Å². The van der Waals surface area contributed by atoms with Crippen molar-refractivity contribution in [3.05, 3.63) is 28.5 Å². The van der Waals surface area contributed by atoms with Crippen LogP contribution in [0.1, 0.15) is 18.5 Å². The van der Waals surface area contributed by atoms with Crippen LogP contribution in [-0.2, 0) is 6.42 Å². The molecule has 0 unspecified atom stereocenters. The zero-order chi connectivity index (χ0) is 8.81. The largest absolute Gasteiger partial charge is 0.330 e. The lowest BCUT2D eigenvalue weighted by molar-refractivity contribution is 0.730. The predicted molar refractivity (Wildman–Crippen MR) is 64.3 cm³/mol. The number of halogens is 2. The molecule has 0 spiro atoms. The van der Waals surface area contributed by atoms with E-state index >= 15 is 0 Å². The number of hydrogen-bond acceptors (Lipinski definition) is 2. The van der Waals surface area contributed by atoms with Gasteiger partial charge in [-0.1, -0.05) is 0 Å². The molecule has 13 heavy (non-hydrogen) atoms. The predicted octanol–water partition coefficient (Wildman–Crippen LogP) is 2.70. The number of unbranched alkanes of at least 4 members (excludes halogenated alkanes) is 1. The van der Waals surface area contributed by atoms with Crippen molar-refractivity contribution in [2.45, 2.75) is 19.3 Å². The molecule has 0 aliphatic rings. The van der Waals surface area contributed by atoms with Crippen LogP contribution < -0.4 is 5.73 Å². The van der Waals surface area contributed by atoms with Gasteiger partial charge in [-0.15, -0.1) is 17.0 Å². The van der Waals surface area contributed by atoms with Gasteiger partial charge in [0.15, 0.2) is 0 Å². The summed E-state index contributed by atoms with van der Waals surface area (Å²) in [6.07, 6.45) is 5.02. The standard InChI is InChI=1S/C9H13BrN2.BrH/c10-8-4-3-7-12-9(8)5-1-2-6-11;/h3-4,7H,1-2,5-6,11H2;1H. The topological polar surface area (TPSA) is 38.9 Å². The van der Waals surface area contributed by atoms with E-state index in [2.05, 4.69) is 20.9 Å². The Morgan fingerprint density at radius 2 is 2.15 bits per heavy atom. The zero-order valence-electron chi connectivity index (χ0n) is 7.37. The highest BCUT2D eigenvalue weighted by molar-refractivity contribution is 9.10. The van der Waals surface area contributed by atoms with Gasteiger partial charge in [0.2, 0.25) is 0 Å². The lowest BCUT2D eigenvalue weighted by Gasteiger charge is -2.01. The van der Waals surface area contributed by atoms with E-state index < -0.39 is 0 Å². The van der Waals surface area contributed by atoms with E-state index in [4.69, 9.17) is 5.73 Å². The Balaban J connectivity index is 0.00000144. The summed E-state index contributed by atoms with van der Waals surface area (Å²) in [7, 11) is 0. The Morgan fingerprint density at radius 3 is 2.77 bits per heavy atom. The number of aromatic nitrogens is 1. The molecule has 74 valence electrons. The molecule has 0 amide bonds. The average Bonchev–Trinajstić information content (AvgIpc) is 2.09. The monoisotopic (exact) mass is 308 g/mol. The van der Waals surface area contributed by atoms with Crippen LogP contribution in [-0.4, -0.2) is 11.5 Å². The van der Waals surface area contributed by atoms with E-state index in [9.17, 15) is 0 Å². The summed E-state index contributed by atoms with van der Waals surface area (Å²) in [5, 5.41) is 0. The molecule has 1 aromatic heterocycles. The number of aryl methyl sites for hydroxylation is 1. The third-order valence-corrected chi connectivity index (χ3v) is 2.42. The maximum atomic E-state index is 5.40. The maximum absolute atomic E-state index is 5.40. The minimum Gasteiger partial charge on any atom is -0.330 e. The lowest BCUT2D eigenvalue weighted by Crippen LogP contribution is -2.00. The van der Waals surface area contributed by atoms with Crippen LogP contribution in [0.25, 0.3) is 0 Å². The van der Waals surface area contributed by atoms with Gasteiger partial charge in [-0.3, -0.25) is 4.98 Å². The molecule has 1 heterocycles. The molecule has 0 atom stereocenters. The first-order valence-electron chi connectivity index (χ1n) is 4.14. The third kappa shape index (κ3) is 4.74. The number of rotatable bonds is 4. The minimum atomic E-state index is 0. The summed E-state index contributed by atoms with van der Waals surface area (Å²) in [4.78, 5) is 4.26. The van der Waals surface area contributed by atoms with Gasteiger partial charge < -0.3 is 5.73 Å². The molecule has 0 radical (unpaired) electrons. The number of pyridine rings is 1. The summed E-state index contributed by atoms with van der Waals surface area (Å²) in [6.45, 7) is 0.768. The second kappa shape index (κ2) is 7.47. The number of nitrogens with zero attached hydrogens (tertiary/aromatic N) is 1. The summed E-state index contributed by atoms with van der Waals surface area (Å²) in [5.41, 5.74) is 6.53. The van der Waals surface area contributed by atoms with E-state index in [1.807, 2.05) is 18.3 Å². The molecule has 2 nitrogen and oxygen atoms in total. The molecule has 0 aliphatic carbocycles. The van der Waals surface area contributed by atoms with Gasteiger partial charge in [-0.05, 0) is 53.9 Å². The van der Waals surface area contributed by atoms with Crippen LogP contribution in [0.4, 0.5) is 0 Å². The summed E-state index contributed by atoms with van der Waals surface area (Å²) >= 11 is 3.45. The Kier molecular flexibility index (Phi) is 7.51. The highest BCUT2D eigenvalue weighted by Crippen LogP contribution is 2.14. The fourth-order valence-corrected chi connectivity index (χ4v) is 1.49. The van der Waals surface area contributed by atoms with E-state index in [-0.39, 0.29) is 17.0 Å². The molecular formula is C9H14Br2N2. The van der Waals surface area contributed by atoms with Crippen molar-refractivity contribution in [2.24, 2.45) is 5.73 Å². The Morgan fingerprint density at radius 1 is 1.38 bits per heavy atom. The van der Waals surface area contributed by atoms with Crippen LogP contribution >= 0.6 is 32.9 Å². The molecule has 0 fully saturated rings. The molecule has 1 rings (SSSR count). The first kappa shape index (κ1) is 13.1. The summed E-state index contributed by atoms with van der Waals surface area (Å²) < 4.78 is 1.10. The van der Waals surface area contributed by atoms with E-state index in [0.717, 1.165) is 36.0 Å². The van der Waals surface area contributed by atoms with Gasteiger partial charge in [-0.2, -0.15) is 0 Å². The zero-order valence-corrected chi connectivity index (χ0v) is 10.7. The number of nitrogens with two attached hydrogens (primary N) is 1. The van der Waals surface area contributed by atoms with Gasteiger partial charge in [0.05, 0.1) is 5.69 Å².